The number of methoxy groups -OCH3 is 3. The molecule has 0 heterocycles. The number of hydrogen-bond acceptors (Lipinski definition) is 13. The molecule has 0 atom stereocenters. The van der Waals surface area contributed by atoms with E-state index in [1.165, 1.54) is 71.6 Å². The number of esters is 3. The first-order valence-electron chi connectivity index (χ1n) is 16.4. The molecule has 0 bridgehead atoms. The van der Waals surface area contributed by atoms with Gasteiger partial charge in [-0.25, -0.2) is 23.4 Å². The molecule has 4 aromatic rings. The summed E-state index contributed by atoms with van der Waals surface area (Å²) in [6.45, 7) is 3.06. The lowest BCUT2D eigenvalue weighted by Gasteiger charge is -1.99. The van der Waals surface area contributed by atoms with E-state index in [1.54, 1.807) is 84.9 Å². The number of aliphatic hydroxyl groups excluding tert-OH is 1. The molecule has 17 heteroatoms. The maximum atomic E-state index is 11.9. The van der Waals surface area contributed by atoms with Crippen LogP contribution in [0.2, 0.25) is 0 Å². The Labute approximate surface area is 352 Å². The number of rotatable bonds is 10. The third-order valence-electron chi connectivity index (χ3n) is 6.31. The van der Waals surface area contributed by atoms with Gasteiger partial charge in [0.25, 0.3) is 0 Å². The minimum Gasteiger partial charge on any atom is -0.478 e. The molecule has 0 fully saturated rings. The number of halogens is 2. The van der Waals surface area contributed by atoms with Crippen LogP contribution in [-0.2, 0) is 33.0 Å². The fourth-order valence-electron chi connectivity index (χ4n) is 3.63. The Hall–Kier alpha value is -6.39. The SMILES string of the molecule is CC(C)=O.CO.COC(=O)c1ccc(/C=C/C(=O)/C=C/c2ccc(C(=O)OC)cc2)cc1.COC(=O)c1ccc(C=O)cc1.O=Cc1ccc(C(=O)O)cc1.O=S(Cl)Cl. The summed E-state index contributed by atoms with van der Waals surface area (Å²) in [6, 6.07) is 25.4. The zero-order valence-corrected chi connectivity index (χ0v) is 35.0. The summed E-state index contributed by atoms with van der Waals surface area (Å²) < 4.78 is 22.8. The average Bonchev–Trinajstić information content (AvgIpc) is 3.25. The number of carbonyl (C=O) groups excluding carboxylic acids is 7. The highest BCUT2D eigenvalue weighted by Crippen LogP contribution is 2.10. The standard InChI is InChI=1S/C21H18O5.C9H8O3.C8H6O3.C3H6O.CH4O.Cl2OS/c1-25-20(23)17-9-3-15(4-10-17)7-13-19(22)14-8-16-5-11-18(12-6-16)21(24)26-2;1-12-9(11)8-4-2-7(6-10)3-5-8;9-5-6-1-3-7(4-2-6)8(10)11;1-3(2)4;1-2;1-4(2)3/h3-14H,1-2H3;2-6H,1H3;1-5H,(H,10,11);1-2H3;2H,1H3;/b13-7+,14-8+;;;;;. The van der Waals surface area contributed by atoms with Gasteiger partial charge in [0.1, 0.15) is 18.4 Å². The van der Waals surface area contributed by atoms with Crippen LogP contribution in [0.15, 0.2) is 109 Å². The Morgan fingerprint density at radius 1 is 0.508 bits per heavy atom. The van der Waals surface area contributed by atoms with Crippen molar-refractivity contribution in [3.8, 4) is 0 Å². The maximum Gasteiger partial charge on any atom is 0.337 e. The summed E-state index contributed by atoms with van der Waals surface area (Å²) in [4.78, 5) is 85.7. The molecular formula is C42H42Cl2O14S. The molecule has 0 saturated carbocycles. The minimum atomic E-state index is -1.67. The van der Waals surface area contributed by atoms with E-state index in [-0.39, 0.29) is 17.1 Å². The van der Waals surface area contributed by atoms with Crippen LogP contribution in [0.4, 0.5) is 0 Å². The second-order valence-electron chi connectivity index (χ2n) is 10.7. The number of aromatic carboxylic acids is 1. The Morgan fingerprint density at radius 2 is 0.729 bits per heavy atom. The summed E-state index contributed by atoms with van der Waals surface area (Å²) in [5, 5.41) is 15.5. The van der Waals surface area contributed by atoms with Crippen molar-refractivity contribution >= 4 is 90.8 Å². The minimum absolute atomic E-state index is 0.167. The lowest BCUT2D eigenvalue weighted by molar-refractivity contribution is -0.115. The molecule has 0 amide bonds. The highest BCUT2D eigenvalue weighted by atomic mass is 36.0. The van der Waals surface area contributed by atoms with Crippen molar-refractivity contribution in [3.63, 3.8) is 0 Å². The zero-order valence-electron chi connectivity index (χ0n) is 32.7. The largest absolute Gasteiger partial charge is 0.478 e. The molecule has 0 aliphatic rings. The molecule has 4 aromatic carbocycles. The van der Waals surface area contributed by atoms with E-state index >= 15 is 0 Å². The molecule has 0 aromatic heterocycles. The van der Waals surface area contributed by atoms with Crippen molar-refractivity contribution in [2.75, 3.05) is 28.4 Å². The third-order valence-corrected chi connectivity index (χ3v) is 6.31. The highest BCUT2D eigenvalue weighted by Gasteiger charge is 2.05. The molecule has 0 spiro atoms. The number of allylic oxidation sites excluding steroid dienone is 2. The maximum absolute atomic E-state index is 11.9. The molecule has 2 N–H and O–H groups in total. The predicted molar refractivity (Wildman–Crippen MR) is 225 cm³/mol. The van der Waals surface area contributed by atoms with Crippen LogP contribution in [0.5, 0.6) is 0 Å². The first-order chi connectivity index (χ1) is 28.0. The molecule has 14 nitrogen and oxygen atoms in total. The van der Waals surface area contributed by atoms with Crippen LogP contribution in [0.1, 0.15) is 87.1 Å². The van der Waals surface area contributed by atoms with E-state index in [0.717, 1.165) is 24.5 Å². The van der Waals surface area contributed by atoms with E-state index in [1.807, 2.05) is 0 Å². The van der Waals surface area contributed by atoms with Crippen molar-refractivity contribution in [1.82, 2.24) is 0 Å². The molecule has 0 aliphatic heterocycles. The molecular weight excluding hydrogens is 831 g/mol. The number of benzene rings is 4. The van der Waals surface area contributed by atoms with Crippen LogP contribution in [0.25, 0.3) is 12.2 Å². The summed E-state index contributed by atoms with van der Waals surface area (Å²) in [6.07, 6.45) is 7.59. The monoisotopic (exact) mass is 872 g/mol. The summed E-state index contributed by atoms with van der Waals surface area (Å²) in [5.41, 5.74) is 4.15. The van der Waals surface area contributed by atoms with Crippen LogP contribution < -0.4 is 0 Å². The van der Waals surface area contributed by atoms with Gasteiger partial charge in [-0.3, -0.25) is 14.4 Å². The van der Waals surface area contributed by atoms with E-state index < -0.39 is 33.1 Å². The number of carboxylic acid groups (broad SMARTS) is 1. The Bertz CT molecular complexity index is 1930. The zero-order chi connectivity index (χ0) is 45.3. The molecule has 0 saturated heterocycles. The summed E-state index contributed by atoms with van der Waals surface area (Å²) in [7, 11) is 12.3. The van der Waals surface area contributed by atoms with E-state index in [4.69, 9.17) is 14.4 Å². The number of hydrogen-bond donors (Lipinski definition) is 2. The van der Waals surface area contributed by atoms with Crippen molar-refractivity contribution in [3.05, 3.63) is 154 Å². The number of aldehydes is 2. The third kappa shape index (κ3) is 26.2. The molecule has 59 heavy (non-hydrogen) atoms. The summed E-state index contributed by atoms with van der Waals surface area (Å²) in [5.74, 6) is -2.20. The average molecular weight is 874 g/mol. The first kappa shape index (κ1) is 54.7. The number of carbonyl (C=O) groups is 8. The number of aliphatic hydroxyl groups is 1. The van der Waals surface area contributed by atoms with Crippen LogP contribution >= 0.6 is 21.4 Å². The van der Waals surface area contributed by atoms with Gasteiger partial charge >= 0.3 is 23.9 Å². The quantitative estimate of drug-likeness (QED) is 0.0526. The van der Waals surface area contributed by atoms with Crippen molar-refractivity contribution in [1.29, 1.82) is 0 Å². The fraction of sp³-hybridized carbons (Fsp3) is 0.143. The number of ether oxygens (including phenoxy) is 3. The number of ketones is 2. The van der Waals surface area contributed by atoms with E-state index in [9.17, 15) is 38.4 Å². The second kappa shape index (κ2) is 32.7. The molecule has 0 radical (unpaired) electrons. The van der Waals surface area contributed by atoms with Gasteiger partial charge < -0.3 is 29.2 Å². The second-order valence-corrected chi connectivity index (χ2v) is 13.2. The van der Waals surface area contributed by atoms with Crippen LogP contribution in [0.3, 0.4) is 0 Å². The number of carboxylic acids is 1. The first-order valence-corrected chi connectivity index (χ1v) is 19.2. The van der Waals surface area contributed by atoms with Gasteiger partial charge in [-0.1, -0.05) is 60.7 Å². The topological polar surface area (TPSA) is 222 Å². The van der Waals surface area contributed by atoms with Gasteiger partial charge in [-0.15, -0.1) is 0 Å². The Balaban J connectivity index is 0. The smallest absolute Gasteiger partial charge is 0.337 e. The normalized spacial score (nSPS) is 9.46. The van der Waals surface area contributed by atoms with Crippen molar-refractivity contribution in [2.45, 2.75) is 13.8 Å². The van der Waals surface area contributed by atoms with Crippen LogP contribution in [0, 0.1) is 0 Å². The molecule has 0 aliphatic carbocycles. The van der Waals surface area contributed by atoms with E-state index in [0.29, 0.717) is 34.1 Å². The Morgan fingerprint density at radius 3 is 0.932 bits per heavy atom. The predicted octanol–water partition coefficient (Wildman–Crippen LogP) is 7.29. The van der Waals surface area contributed by atoms with Crippen molar-refractivity contribution in [2.24, 2.45) is 0 Å². The lowest BCUT2D eigenvalue weighted by Crippen LogP contribution is -2.00. The highest BCUT2D eigenvalue weighted by molar-refractivity contribution is 8.26. The van der Waals surface area contributed by atoms with Gasteiger partial charge in [-0.05, 0) is 85.7 Å². The van der Waals surface area contributed by atoms with Crippen LogP contribution in [-0.4, -0.2) is 90.9 Å². The lowest BCUT2D eigenvalue weighted by atomic mass is 10.1. The van der Waals surface area contributed by atoms with Gasteiger partial charge in [0, 0.05) is 39.6 Å². The Kier molecular flexibility index (Phi) is 30.3. The molecule has 314 valence electrons. The number of Topliss-reactive ketones (excluding diaryl/α,β-unsaturated/α-hetero) is 1. The van der Waals surface area contributed by atoms with Gasteiger partial charge in [0.05, 0.1) is 43.6 Å². The molecule has 0 unspecified atom stereocenters. The van der Waals surface area contributed by atoms with E-state index in [2.05, 4.69) is 35.6 Å². The van der Waals surface area contributed by atoms with Gasteiger partial charge in [-0.2, -0.15) is 0 Å². The molecule has 4 rings (SSSR count). The van der Waals surface area contributed by atoms with Crippen molar-refractivity contribution < 1.29 is 67.0 Å². The van der Waals surface area contributed by atoms with Gasteiger partial charge in [0.15, 0.2) is 5.78 Å². The summed E-state index contributed by atoms with van der Waals surface area (Å²) >= 11 is 0. The van der Waals surface area contributed by atoms with Gasteiger partial charge in [0.2, 0.25) is 9.23 Å². The fourth-order valence-corrected chi connectivity index (χ4v) is 3.63.